The van der Waals surface area contributed by atoms with Crippen LogP contribution in [0.4, 0.5) is 5.69 Å². The number of H-pyrrole nitrogens is 1. The van der Waals surface area contributed by atoms with E-state index in [0.717, 1.165) is 16.8 Å². The molecule has 0 spiro atoms. The van der Waals surface area contributed by atoms with Crippen LogP contribution in [0.1, 0.15) is 27.3 Å². The molecule has 2 rings (SSSR count). The van der Waals surface area contributed by atoms with Crippen molar-refractivity contribution in [1.29, 1.82) is 0 Å². The summed E-state index contributed by atoms with van der Waals surface area (Å²) >= 11 is 0. The van der Waals surface area contributed by atoms with Crippen LogP contribution in [0.5, 0.6) is 0 Å². The number of nitrogens with one attached hydrogen (secondary N) is 1. The Morgan fingerprint density at radius 3 is 2.61 bits per heavy atom. The van der Waals surface area contributed by atoms with Gasteiger partial charge in [0.1, 0.15) is 5.69 Å². The molecule has 0 unspecified atom stereocenters. The fourth-order valence-corrected chi connectivity index (χ4v) is 1.97. The van der Waals surface area contributed by atoms with Crippen LogP contribution in [-0.2, 0) is 11.2 Å². The fourth-order valence-electron chi connectivity index (χ4n) is 1.97. The topological polar surface area (TPSA) is 68.1 Å². The van der Waals surface area contributed by atoms with Crippen LogP contribution in [0.2, 0.25) is 0 Å². The van der Waals surface area contributed by atoms with Gasteiger partial charge in [0.25, 0.3) is 0 Å². The Labute approximate surface area is 106 Å². The van der Waals surface area contributed by atoms with Gasteiger partial charge < -0.3 is 15.5 Å². The number of esters is 1. The predicted octanol–water partition coefficient (Wildman–Crippen LogP) is 2.28. The van der Waals surface area contributed by atoms with Crippen LogP contribution in [0.15, 0.2) is 30.3 Å². The van der Waals surface area contributed by atoms with Crippen molar-refractivity contribution < 1.29 is 9.53 Å². The molecule has 0 bridgehead atoms. The van der Waals surface area contributed by atoms with E-state index >= 15 is 0 Å². The van der Waals surface area contributed by atoms with E-state index in [1.54, 1.807) is 0 Å². The Morgan fingerprint density at radius 1 is 1.33 bits per heavy atom. The monoisotopic (exact) mass is 244 g/mol. The van der Waals surface area contributed by atoms with Gasteiger partial charge in [-0.05, 0) is 12.5 Å². The first kappa shape index (κ1) is 12.2. The van der Waals surface area contributed by atoms with Crippen molar-refractivity contribution >= 4 is 11.7 Å². The van der Waals surface area contributed by atoms with Crippen LogP contribution in [0.25, 0.3) is 0 Å². The summed E-state index contributed by atoms with van der Waals surface area (Å²) in [6.45, 7) is 1.90. The molecule has 0 amide bonds. The summed E-state index contributed by atoms with van der Waals surface area (Å²) in [6, 6.07) is 9.99. The summed E-state index contributed by atoms with van der Waals surface area (Å²) < 4.78 is 4.69. The second-order valence-corrected chi connectivity index (χ2v) is 4.17. The average Bonchev–Trinajstić information content (AvgIpc) is 2.67. The number of ether oxygens (including phenoxy) is 1. The zero-order chi connectivity index (χ0) is 13.1. The summed E-state index contributed by atoms with van der Waals surface area (Å²) in [7, 11) is 1.34. The second kappa shape index (κ2) is 4.96. The minimum absolute atomic E-state index is 0.334. The highest BCUT2D eigenvalue weighted by atomic mass is 16.5. The van der Waals surface area contributed by atoms with Gasteiger partial charge in [-0.3, -0.25) is 0 Å². The SMILES string of the molecule is COC(=O)c1[nH]c(C)c(Cc2ccccc2)c1N. The minimum atomic E-state index is -0.435. The maximum atomic E-state index is 11.5. The van der Waals surface area contributed by atoms with Gasteiger partial charge >= 0.3 is 5.97 Å². The number of methoxy groups -OCH3 is 1. The van der Waals surface area contributed by atoms with Crippen molar-refractivity contribution in [2.45, 2.75) is 13.3 Å². The van der Waals surface area contributed by atoms with Crippen LogP contribution in [0, 0.1) is 6.92 Å². The van der Waals surface area contributed by atoms with Crippen molar-refractivity contribution in [2.75, 3.05) is 12.8 Å². The number of benzene rings is 1. The van der Waals surface area contributed by atoms with E-state index in [1.165, 1.54) is 7.11 Å². The predicted molar refractivity (Wildman–Crippen MR) is 70.5 cm³/mol. The van der Waals surface area contributed by atoms with E-state index in [4.69, 9.17) is 5.73 Å². The first-order chi connectivity index (χ1) is 8.63. The Balaban J connectivity index is 2.34. The third-order valence-corrected chi connectivity index (χ3v) is 2.97. The van der Waals surface area contributed by atoms with Gasteiger partial charge in [-0.15, -0.1) is 0 Å². The molecule has 1 aromatic heterocycles. The molecule has 1 heterocycles. The summed E-state index contributed by atoms with van der Waals surface area (Å²) in [4.78, 5) is 14.5. The maximum Gasteiger partial charge on any atom is 0.356 e. The average molecular weight is 244 g/mol. The number of rotatable bonds is 3. The van der Waals surface area contributed by atoms with Gasteiger partial charge in [0.15, 0.2) is 0 Å². The van der Waals surface area contributed by atoms with Crippen LogP contribution >= 0.6 is 0 Å². The number of carbonyl (C=O) groups excluding carboxylic acids is 1. The maximum absolute atomic E-state index is 11.5. The van der Waals surface area contributed by atoms with Gasteiger partial charge in [-0.25, -0.2) is 4.79 Å². The summed E-state index contributed by atoms with van der Waals surface area (Å²) in [5, 5.41) is 0. The zero-order valence-corrected chi connectivity index (χ0v) is 10.5. The summed E-state index contributed by atoms with van der Waals surface area (Å²) in [6.07, 6.45) is 0.700. The van der Waals surface area contributed by atoms with Crippen molar-refractivity contribution in [3.63, 3.8) is 0 Å². The first-order valence-electron chi connectivity index (χ1n) is 5.72. The van der Waals surface area contributed by atoms with Gasteiger partial charge in [0.05, 0.1) is 12.8 Å². The molecular formula is C14H16N2O2. The Bertz CT molecular complexity index is 559. The highest BCUT2D eigenvalue weighted by Gasteiger charge is 2.18. The van der Waals surface area contributed by atoms with Crippen LogP contribution in [0.3, 0.4) is 0 Å². The Hall–Kier alpha value is -2.23. The number of nitrogen functional groups attached to an aromatic ring is 1. The summed E-state index contributed by atoms with van der Waals surface area (Å²) in [5.74, 6) is -0.435. The quantitative estimate of drug-likeness (QED) is 0.814. The molecule has 0 saturated carbocycles. The number of aromatic amines is 1. The van der Waals surface area contributed by atoms with Gasteiger partial charge in [0.2, 0.25) is 0 Å². The molecule has 0 aliphatic rings. The molecule has 0 atom stereocenters. The largest absolute Gasteiger partial charge is 0.464 e. The molecular weight excluding hydrogens is 228 g/mol. The van der Waals surface area contributed by atoms with Crippen molar-refractivity contribution in [3.05, 3.63) is 52.8 Å². The third kappa shape index (κ3) is 2.22. The van der Waals surface area contributed by atoms with E-state index in [-0.39, 0.29) is 0 Å². The Morgan fingerprint density at radius 2 is 2.00 bits per heavy atom. The molecule has 3 N–H and O–H groups in total. The number of anilines is 1. The molecule has 0 radical (unpaired) electrons. The lowest BCUT2D eigenvalue weighted by atomic mass is 10.0. The number of nitrogens with two attached hydrogens (primary N) is 1. The molecule has 1 aromatic carbocycles. The van der Waals surface area contributed by atoms with Crippen molar-refractivity contribution in [3.8, 4) is 0 Å². The van der Waals surface area contributed by atoms with E-state index in [0.29, 0.717) is 17.8 Å². The lowest BCUT2D eigenvalue weighted by molar-refractivity contribution is 0.0596. The molecule has 94 valence electrons. The van der Waals surface area contributed by atoms with Crippen molar-refractivity contribution in [1.82, 2.24) is 4.98 Å². The number of hydrogen-bond acceptors (Lipinski definition) is 3. The number of aromatic nitrogens is 1. The molecule has 4 nitrogen and oxygen atoms in total. The minimum Gasteiger partial charge on any atom is -0.464 e. The number of hydrogen-bond donors (Lipinski definition) is 2. The van der Waals surface area contributed by atoms with Gasteiger partial charge in [0, 0.05) is 17.7 Å². The van der Waals surface area contributed by atoms with Crippen molar-refractivity contribution in [2.24, 2.45) is 0 Å². The highest BCUT2D eigenvalue weighted by molar-refractivity contribution is 5.94. The molecule has 0 aliphatic carbocycles. The lowest BCUT2D eigenvalue weighted by Crippen LogP contribution is -2.05. The number of aryl methyl sites for hydroxylation is 1. The summed E-state index contributed by atoms with van der Waals surface area (Å²) in [5.41, 5.74) is 9.81. The Kier molecular flexibility index (Phi) is 3.37. The second-order valence-electron chi connectivity index (χ2n) is 4.17. The molecule has 0 saturated heterocycles. The van der Waals surface area contributed by atoms with Crippen LogP contribution < -0.4 is 5.73 Å². The van der Waals surface area contributed by atoms with E-state index in [9.17, 15) is 4.79 Å². The normalized spacial score (nSPS) is 10.3. The smallest absolute Gasteiger partial charge is 0.356 e. The van der Waals surface area contributed by atoms with Gasteiger partial charge in [-0.2, -0.15) is 0 Å². The third-order valence-electron chi connectivity index (χ3n) is 2.97. The standard InChI is InChI=1S/C14H16N2O2/c1-9-11(8-10-6-4-3-5-7-10)12(15)13(16-9)14(17)18-2/h3-7,16H,8,15H2,1-2H3. The van der Waals surface area contributed by atoms with E-state index in [1.807, 2.05) is 37.3 Å². The lowest BCUT2D eigenvalue weighted by Gasteiger charge is -2.03. The number of carbonyl (C=O) groups is 1. The van der Waals surface area contributed by atoms with E-state index < -0.39 is 5.97 Å². The molecule has 0 fully saturated rings. The first-order valence-corrected chi connectivity index (χ1v) is 5.72. The fraction of sp³-hybridized carbons (Fsp3) is 0.214. The van der Waals surface area contributed by atoms with E-state index in [2.05, 4.69) is 9.72 Å². The van der Waals surface area contributed by atoms with Gasteiger partial charge in [-0.1, -0.05) is 30.3 Å². The molecule has 4 heteroatoms. The highest BCUT2D eigenvalue weighted by Crippen LogP contribution is 2.24. The molecule has 2 aromatic rings. The zero-order valence-electron chi connectivity index (χ0n) is 10.5. The molecule has 0 aliphatic heterocycles. The van der Waals surface area contributed by atoms with Crippen LogP contribution in [-0.4, -0.2) is 18.1 Å². The molecule has 18 heavy (non-hydrogen) atoms.